The zero-order valence-corrected chi connectivity index (χ0v) is 17.5. The molecule has 3 fully saturated rings. The zero-order valence-electron chi connectivity index (χ0n) is 17.5. The smallest absolute Gasteiger partial charge is 0.0214 e. The lowest BCUT2D eigenvalue weighted by Gasteiger charge is -2.60. The van der Waals surface area contributed by atoms with Crippen molar-refractivity contribution in [1.29, 1.82) is 0 Å². The Morgan fingerprint density at radius 1 is 0.857 bits per heavy atom. The lowest BCUT2D eigenvalue weighted by molar-refractivity contribution is -0.103. The number of fused-ring (bicyclic) bond motifs is 2. The molecule has 2 unspecified atom stereocenters. The molecule has 0 amide bonds. The van der Waals surface area contributed by atoms with Crippen molar-refractivity contribution in [3.63, 3.8) is 0 Å². The van der Waals surface area contributed by atoms with Gasteiger partial charge < -0.3 is 10.6 Å². The molecule has 0 spiro atoms. The molecule has 0 aromatic heterocycles. The summed E-state index contributed by atoms with van der Waals surface area (Å²) < 4.78 is 0. The van der Waals surface area contributed by atoms with Crippen LogP contribution in [0.3, 0.4) is 0 Å². The number of hydrogen-bond donors (Lipinski definition) is 2. The van der Waals surface area contributed by atoms with Gasteiger partial charge in [0.2, 0.25) is 0 Å². The van der Waals surface area contributed by atoms with Gasteiger partial charge >= 0.3 is 0 Å². The van der Waals surface area contributed by atoms with Gasteiger partial charge in [0.05, 0.1) is 0 Å². The van der Waals surface area contributed by atoms with Crippen LogP contribution in [0.25, 0.3) is 0 Å². The summed E-state index contributed by atoms with van der Waals surface area (Å²) in [7, 11) is 0. The average molecular weight is 377 g/mol. The minimum Gasteiger partial charge on any atom is -0.315 e. The molecule has 28 heavy (non-hydrogen) atoms. The van der Waals surface area contributed by atoms with E-state index in [1.165, 1.54) is 36.9 Å². The molecule has 2 nitrogen and oxygen atoms in total. The maximum Gasteiger partial charge on any atom is 0.0214 e. The Kier molecular flexibility index (Phi) is 6.18. The molecule has 0 heterocycles. The highest BCUT2D eigenvalue weighted by Gasteiger charge is 2.53. The topological polar surface area (TPSA) is 24.1 Å². The Balaban J connectivity index is 1.22. The summed E-state index contributed by atoms with van der Waals surface area (Å²) in [4.78, 5) is 0. The molecule has 0 saturated heterocycles. The molecule has 2 aromatic carbocycles. The van der Waals surface area contributed by atoms with Crippen LogP contribution in [0.15, 0.2) is 60.7 Å². The predicted octanol–water partition coefficient (Wildman–Crippen LogP) is 5.07. The maximum absolute atomic E-state index is 3.74. The van der Waals surface area contributed by atoms with E-state index in [0.717, 1.165) is 37.4 Å². The van der Waals surface area contributed by atoms with Crippen LogP contribution in [-0.2, 0) is 0 Å². The second-order valence-corrected chi connectivity index (χ2v) is 9.48. The van der Waals surface area contributed by atoms with Crippen LogP contribution in [0.5, 0.6) is 0 Å². The molecule has 2 heteroatoms. The number of hydrogen-bond acceptors (Lipinski definition) is 2. The fourth-order valence-electron chi connectivity index (χ4n) is 5.72. The molecular weight excluding hydrogens is 340 g/mol. The number of benzene rings is 2. The Hall–Kier alpha value is -1.64. The van der Waals surface area contributed by atoms with Crippen molar-refractivity contribution in [3.8, 4) is 0 Å². The molecule has 2 N–H and O–H groups in total. The highest BCUT2D eigenvalue weighted by molar-refractivity contribution is 5.32. The molecule has 0 radical (unpaired) electrons. The van der Waals surface area contributed by atoms with Crippen molar-refractivity contribution in [3.05, 3.63) is 71.8 Å². The monoisotopic (exact) mass is 376 g/mol. The largest absolute Gasteiger partial charge is 0.315 e. The Labute approximate surface area is 171 Å². The summed E-state index contributed by atoms with van der Waals surface area (Å²) >= 11 is 0. The molecular formula is C26H36N2. The van der Waals surface area contributed by atoms with E-state index in [1.54, 1.807) is 0 Å². The summed E-state index contributed by atoms with van der Waals surface area (Å²) in [5, 5.41) is 7.43. The normalized spacial score (nSPS) is 25.5. The minimum atomic E-state index is 0.411. The Bertz CT molecular complexity index is 683. The Morgan fingerprint density at radius 2 is 1.46 bits per heavy atom. The first-order valence-electron chi connectivity index (χ1n) is 11.2. The minimum absolute atomic E-state index is 0.411. The lowest BCUT2D eigenvalue weighted by atomic mass is 9.45. The first-order valence-corrected chi connectivity index (χ1v) is 11.2. The SMILES string of the molecule is CC1(C)C2CC[C@@H](CNCCNCC(c3ccccc3)c3ccccc3)C1C2. The molecule has 3 aliphatic rings. The molecule has 150 valence electrons. The lowest BCUT2D eigenvalue weighted by Crippen LogP contribution is -2.54. The third-order valence-electron chi connectivity index (χ3n) is 7.64. The van der Waals surface area contributed by atoms with Gasteiger partial charge in [-0.2, -0.15) is 0 Å². The molecule has 3 atom stereocenters. The van der Waals surface area contributed by atoms with Crippen LogP contribution in [0.2, 0.25) is 0 Å². The van der Waals surface area contributed by atoms with Crippen molar-refractivity contribution < 1.29 is 0 Å². The standard InChI is InChI=1S/C26H36N2/c1-26(2)23-14-13-22(25(26)17-23)18-27-15-16-28-19-24(20-9-5-3-6-10-20)21-11-7-4-8-12-21/h3-12,22-25,27-28H,13-19H2,1-2H3/t22-,23?,25?/m0/s1. The second-order valence-electron chi connectivity index (χ2n) is 9.48. The van der Waals surface area contributed by atoms with Gasteiger partial charge in [-0.15, -0.1) is 0 Å². The van der Waals surface area contributed by atoms with Crippen LogP contribution in [0.1, 0.15) is 50.2 Å². The molecule has 3 aliphatic carbocycles. The van der Waals surface area contributed by atoms with Crippen molar-refractivity contribution in [2.45, 2.75) is 39.0 Å². The van der Waals surface area contributed by atoms with E-state index >= 15 is 0 Å². The van der Waals surface area contributed by atoms with Crippen LogP contribution in [-0.4, -0.2) is 26.2 Å². The van der Waals surface area contributed by atoms with E-state index in [0.29, 0.717) is 11.3 Å². The van der Waals surface area contributed by atoms with Gasteiger partial charge in [0.15, 0.2) is 0 Å². The van der Waals surface area contributed by atoms with Crippen molar-refractivity contribution in [1.82, 2.24) is 10.6 Å². The van der Waals surface area contributed by atoms with Crippen molar-refractivity contribution in [2.24, 2.45) is 23.2 Å². The van der Waals surface area contributed by atoms with Crippen molar-refractivity contribution in [2.75, 3.05) is 26.2 Å². The van der Waals surface area contributed by atoms with Gasteiger partial charge in [-0.25, -0.2) is 0 Å². The summed E-state index contributed by atoms with van der Waals surface area (Å²) in [5.41, 5.74) is 3.37. The third-order valence-corrected chi connectivity index (χ3v) is 7.64. The molecule has 2 aromatic rings. The second kappa shape index (κ2) is 8.80. The van der Waals surface area contributed by atoms with Gasteiger partial charge in [0, 0.05) is 25.6 Å². The van der Waals surface area contributed by atoms with E-state index in [4.69, 9.17) is 0 Å². The molecule has 3 saturated carbocycles. The fourth-order valence-corrected chi connectivity index (χ4v) is 5.72. The molecule has 5 rings (SSSR count). The predicted molar refractivity (Wildman–Crippen MR) is 119 cm³/mol. The van der Waals surface area contributed by atoms with Crippen LogP contribution < -0.4 is 10.6 Å². The number of nitrogens with one attached hydrogen (secondary N) is 2. The third kappa shape index (κ3) is 4.18. The highest BCUT2D eigenvalue weighted by atomic mass is 14.9. The van der Waals surface area contributed by atoms with E-state index in [-0.39, 0.29) is 0 Å². The van der Waals surface area contributed by atoms with E-state index < -0.39 is 0 Å². The van der Waals surface area contributed by atoms with E-state index in [2.05, 4.69) is 85.1 Å². The zero-order chi connectivity index (χ0) is 19.4. The van der Waals surface area contributed by atoms with Gasteiger partial charge in [0.1, 0.15) is 0 Å². The highest BCUT2D eigenvalue weighted by Crippen LogP contribution is 2.61. The van der Waals surface area contributed by atoms with Gasteiger partial charge in [0.25, 0.3) is 0 Å². The average Bonchev–Trinajstić information content (AvgIpc) is 2.74. The maximum atomic E-state index is 3.74. The van der Waals surface area contributed by atoms with Crippen LogP contribution >= 0.6 is 0 Å². The Morgan fingerprint density at radius 3 is 2.04 bits per heavy atom. The van der Waals surface area contributed by atoms with Gasteiger partial charge in [-0.05, 0) is 60.1 Å². The van der Waals surface area contributed by atoms with Crippen LogP contribution in [0, 0.1) is 23.2 Å². The first-order chi connectivity index (χ1) is 13.7. The molecule has 2 bridgehead atoms. The summed E-state index contributed by atoms with van der Waals surface area (Å²) in [6.07, 6.45) is 4.36. The summed E-state index contributed by atoms with van der Waals surface area (Å²) in [5.74, 6) is 3.26. The van der Waals surface area contributed by atoms with Gasteiger partial charge in [-0.3, -0.25) is 0 Å². The molecule has 0 aliphatic heterocycles. The summed E-state index contributed by atoms with van der Waals surface area (Å²) in [6.45, 7) is 9.25. The van der Waals surface area contributed by atoms with Gasteiger partial charge in [-0.1, -0.05) is 74.5 Å². The number of rotatable bonds is 9. The fraction of sp³-hybridized carbons (Fsp3) is 0.538. The van der Waals surface area contributed by atoms with Crippen molar-refractivity contribution >= 4 is 0 Å². The van der Waals surface area contributed by atoms with E-state index in [9.17, 15) is 0 Å². The van der Waals surface area contributed by atoms with Crippen LogP contribution in [0.4, 0.5) is 0 Å². The van der Waals surface area contributed by atoms with E-state index in [1.807, 2.05) is 0 Å². The first kappa shape index (κ1) is 19.7. The quantitative estimate of drug-likeness (QED) is 0.597. The summed E-state index contributed by atoms with van der Waals surface area (Å²) in [6, 6.07) is 21.7.